The van der Waals surface area contributed by atoms with Gasteiger partial charge in [0.25, 0.3) is 11.5 Å². The molecule has 13 heteroatoms. The number of hydrogen-bond donors (Lipinski definition) is 4. The third kappa shape index (κ3) is 7.16. The Morgan fingerprint density at radius 2 is 1.60 bits per heavy atom. The highest BCUT2D eigenvalue weighted by molar-refractivity contribution is 5.92. The Balaban J connectivity index is 1.53. The molecule has 1 heterocycles. The molecule has 0 fully saturated rings. The van der Waals surface area contributed by atoms with Gasteiger partial charge in [-0.25, -0.2) is 9.59 Å². The lowest BCUT2D eigenvalue weighted by molar-refractivity contribution is -0.274. The second kappa shape index (κ2) is 11.6. The summed E-state index contributed by atoms with van der Waals surface area (Å²) in [5.74, 6) is -1.43. The third-order valence-corrected chi connectivity index (χ3v) is 5.67. The standard InChI is InChI=1S/C27H22F3N5O5/c28-27(29,30)40-22-12-18(17-8-10-20(11-9-17)33-25(31)38)6-7-19(22)14-32-24(37)21-13-23(36)35(26(39)34-21)15-16-4-2-1-3-5-16/h1-13H,14-15H2,(H,32,37)(H,34,39)(H3,31,33,38). The number of urea groups is 1. The number of benzene rings is 3. The number of H-pyrrole nitrogens is 1. The van der Waals surface area contributed by atoms with Crippen LogP contribution in [0.15, 0.2) is 88.5 Å². The second-order valence-electron chi connectivity index (χ2n) is 8.52. The smallest absolute Gasteiger partial charge is 0.405 e. The molecule has 0 bridgehead atoms. The lowest BCUT2D eigenvalue weighted by Crippen LogP contribution is -2.38. The van der Waals surface area contributed by atoms with Gasteiger partial charge < -0.3 is 26.1 Å². The van der Waals surface area contributed by atoms with Crippen molar-refractivity contribution in [3.05, 3.63) is 117 Å². The molecular weight excluding hydrogens is 531 g/mol. The largest absolute Gasteiger partial charge is 0.573 e. The van der Waals surface area contributed by atoms with Crippen molar-refractivity contribution in [3.8, 4) is 16.9 Å². The van der Waals surface area contributed by atoms with E-state index in [9.17, 15) is 32.3 Å². The number of amides is 3. The molecule has 0 spiro atoms. The first kappa shape index (κ1) is 27.7. The predicted molar refractivity (Wildman–Crippen MR) is 140 cm³/mol. The lowest BCUT2D eigenvalue weighted by Gasteiger charge is -2.16. The van der Waals surface area contributed by atoms with Gasteiger partial charge in [0.2, 0.25) is 0 Å². The summed E-state index contributed by atoms with van der Waals surface area (Å²) >= 11 is 0. The van der Waals surface area contributed by atoms with Crippen LogP contribution in [0.4, 0.5) is 23.7 Å². The topological polar surface area (TPSA) is 148 Å². The number of ether oxygens (including phenoxy) is 1. The number of alkyl halides is 3. The van der Waals surface area contributed by atoms with Crippen molar-refractivity contribution in [2.45, 2.75) is 19.5 Å². The number of aromatic nitrogens is 2. The zero-order valence-corrected chi connectivity index (χ0v) is 20.6. The van der Waals surface area contributed by atoms with Gasteiger partial charge in [-0.1, -0.05) is 54.6 Å². The van der Waals surface area contributed by atoms with Crippen molar-refractivity contribution in [3.63, 3.8) is 0 Å². The van der Waals surface area contributed by atoms with Crippen molar-refractivity contribution >= 4 is 17.6 Å². The van der Waals surface area contributed by atoms with Gasteiger partial charge in [0.05, 0.1) is 6.54 Å². The molecule has 3 aromatic carbocycles. The molecule has 0 aliphatic carbocycles. The molecule has 0 aliphatic heterocycles. The van der Waals surface area contributed by atoms with Gasteiger partial charge in [0.15, 0.2) is 0 Å². The number of carbonyl (C=O) groups excluding carboxylic acids is 2. The molecule has 0 unspecified atom stereocenters. The van der Waals surface area contributed by atoms with Crippen LogP contribution in [0, 0.1) is 0 Å². The summed E-state index contributed by atoms with van der Waals surface area (Å²) in [4.78, 5) is 50.9. The van der Waals surface area contributed by atoms with Gasteiger partial charge >= 0.3 is 18.1 Å². The number of anilines is 1. The molecular formula is C27H22F3N5O5. The summed E-state index contributed by atoms with van der Waals surface area (Å²) in [7, 11) is 0. The first-order chi connectivity index (χ1) is 19.0. The first-order valence-electron chi connectivity index (χ1n) is 11.7. The molecule has 0 aliphatic rings. The molecule has 1 aromatic heterocycles. The molecule has 4 aromatic rings. The summed E-state index contributed by atoms with van der Waals surface area (Å²) in [5, 5.41) is 4.77. The van der Waals surface area contributed by atoms with Crippen molar-refractivity contribution in [1.29, 1.82) is 0 Å². The molecule has 0 atom stereocenters. The van der Waals surface area contributed by atoms with Gasteiger partial charge in [-0.05, 0) is 34.9 Å². The summed E-state index contributed by atoms with van der Waals surface area (Å²) in [5.41, 5.74) is 5.15. The van der Waals surface area contributed by atoms with Crippen LogP contribution in [-0.4, -0.2) is 27.9 Å². The summed E-state index contributed by atoms with van der Waals surface area (Å²) in [6.07, 6.45) is -5.01. The van der Waals surface area contributed by atoms with E-state index in [1.165, 1.54) is 24.3 Å². The summed E-state index contributed by atoms with van der Waals surface area (Å²) < 4.78 is 44.5. The number of aromatic amines is 1. The van der Waals surface area contributed by atoms with Crippen LogP contribution >= 0.6 is 0 Å². The van der Waals surface area contributed by atoms with Gasteiger partial charge in [-0.15, -0.1) is 13.2 Å². The van der Waals surface area contributed by atoms with Crippen molar-refractivity contribution in [2.75, 3.05) is 5.32 Å². The van der Waals surface area contributed by atoms with E-state index in [1.807, 2.05) is 0 Å². The van der Waals surface area contributed by atoms with Crippen LogP contribution in [0.3, 0.4) is 0 Å². The van der Waals surface area contributed by atoms with E-state index in [1.54, 1.807) is 42.5 Å². The lowest BCUT2D eigenvalue weighted by atomic mass is 10.0. The summed E-state index contributed by atoms with van der Waals surface area (Å²) in [6, 6.07) is 19.1. The SMILES string of the molecule is NC(=O)Nc1ccc(-c2ccc(CNC(=O)c3cc(=O)n(Cc4ccccc4)c(=O)[nH]3)c(OC(F)(F)F)c2)cc1. The zero-order chi connectivity index (χ0) is 28.9. The molecule has 5 N–H and O–H groups in total. The van der Waals surface area contributed by atoms with Gasteiger partial charge in [0, 0.05) is 23.9 Å². The highest BCUT2D eigenvalue weighted by Gasteiger charge is 2.32. The van der Waals surface area contributed by atoms with Crippen LogP contribution in [0.1, 0.15) is 21.6 Å². The Hall–Kier alpha value is -5.33. The Bertz CT molecular complexity index is 1620. The van der Waals surface area contributed by atoms with Crippen LogP contribution in [0.25, 0.3) is 11.1 Å². The number of nitrogens with zero attached hydrogens (tertiary/aromatic N) is 1. The maximum absolute atomic E-state index is 13.1. The Kier molecular flexibility index (Phi) is 8.03. The van der Waals surface area contributed by atoms with Crippen molar-refractivity contribution in [1.82, 2.24) is 14.9 Å². The fraction of sp³-hybridized carbons (Fsp3) is 0.111. The molecule has 206 valence electrons. The highest BCUT2D eigenvalue weighted by atomic mass is 19.4. The van der Waals surface area contributed by atoms with Gasteiger partial charge in [-0.2, -0.15) is 0 Å². The molecule has 0 saturated heterocycles. The van der Waals surface area contributed by atoms with Crippen molar-refractivity contribution < 1.29 is 27.5 Å². The molecule has 3 amide bonds. The molecule has 0 saturated carbocycles. The Morgan fingerprint density at radius 1 is 0.925 bits per heavy atom. The fourth-order valence-corrected chi connectivity index (χ4v) is 3.82. The van der Waals surface area contributed by atoms with E-state index < -0.39 is 41.8 Å². The minimum atomic E-state index is -5.01. The maximum Gasteiger partial charge on any atom is 0.573 e. The average molecular weight is 553 g/mol. The number of hydrogen-bond acceptors (Lipinski definition) is 5. The third-order valence-electron chi connectivity index (χ3n) is 5.67. The van der Waals surface area contributed by atoms with E-state index >= 15 is 0 Å². The van der Waals surface area contributed by atoms with Crippen molar-refractivity contribution in [2.24, 2.45) is 5.73 Å². The maximum atomic E-state index is 13.1. The number of halogens is 3. The minimum absolute atomic E-state index is 0.00816. The molecule has 40 heavy (non-hydrogen) atoms. The summed E-state index contributed by atoms with van der Waals surface area (Å²) in [6.45, 7) is -0.410. The number of nitrogens with two attached hydrogens (primary N) is 1. The number of rotatable bonds is 8. The highest BCUT2D eigenvalue weighted by Crippen LogP contribution is 2.32. The molecule has 0 radical (unpaired) electrons. The quantitative estimate of drug-likeness (QED) is 0.263. The number of primary amides is 1. The van der Waals surface area contributed by atoms with E-state index in [4.69, 9.17) is 5.73 Å². The normalized spacial score (nSPS) is 11.1. The van der Waals surface area contributed by atoms with E-state index in [0.29, 0.717) is 22.4 Å². The van der Waals surface area contributed by atoms with Crippen LogP contribution in [-0.2, 0) is 13.1 Å². The number of nitrogens with one attached hydrogen (secondary N) is 3. The zero-order valence-electron chi connectivity index (χ0n) is 20.6. The Morgan fingerprint density at radius 3 is 2.23 bits per heavy atom. The van der Waals surface area contributed by atoms with E-state index in [0.717, 1.165) is 16.7 Å². The second-order valence-corrected chi connectivity index (χ2v) is 8.52. The van der Waals surface area contributed by atoms with Crippen LogP contribution in [0.2, 0.25) is 0 Å². The minimum Gasteiger partial charge on any atom is -0.405 e. The molecule has 10 nitrogen and oxygen atoms in total. The fourth-order valence-electron chi connectivity index (χ4n) is 3.82. The van der Waals surface area contributed by atoms with Gasteiger partial charge in [0.1, 0.15) is 11.4 Å². The predicted octanol–water partition coefficient (Wildman–Crippen LogP) is 3.57. The average Bonchev–Trinajstić information content (AvgIpc) is 2.89. The molecule has 4 rings (SSSR count). The first-order valence-corrected chi connectivity index (χ1v) is 11.7. The van der Waals surface area contributed by atoms with Crippen LogP contribution in [0.5, 0.6) is 5.75 Å². The van der Waals surface area contributed by atoms with Crippen LogP contribution < -0.4 is 32.4 Å². The van der Waals surface area contributed by atoms with E-state index in [2.05, 4.69) is 20.4 Å². The van der Waals surface area contributed by atoms with E-state index in [-0.39, 0.29) is 17.8 Å². The Labute approximate surface area is 224 Å². The monoisotopic (exact) mass is 553 g/mol. The van der Waals surface area contributed by atoms with Gasteiger partial charge in [-0.3, -0.25) is 14.2 Å². The number of carbonyl (C=O) groups is 2.